The van der Waals surface area contributed by atoms with E-state index < -0.39 is 0 Å². The van der Waals surface area contributed by atoms with E-state index >= 15 is 0 Å². The quantitative estimate of drug-likeness (QED) is 0.284. The number of hydrogen-bond acceptors (Lipinski definition) is 2. The average Bonchev–Trinajstić information content (AvgIpc) is 2.44. The molecule has 0 aliphatic heterocycles. The summed E-state index contributed by atoms with van der Waals surface area (Å²) in [6, 6.07) is 4.41. The van der Waals surface area contributed by atoms with E-state index in [1.54, 1.807) is 19.1 Å². The topological polar surface area (TPSA) is 79.5 Å². The van der Waals surface area contributed by atoms with Crippen LogP contribution in [0.1, 0.15) is 29.8 Å². The normalized spacial score (nSPS) is 11.0. The molecule has 5 nitrogen and oxygen atoms in total. The largest absolute Gasteiger partial charge is 0.370 e. The predicted molar refractivity (Wildman–Crippen MR) is 98.2 cm³/mol. The summed E-state index contributed by atoms with van der Waals surface area (Å²) in [5, 5.41) is 5.59. The van der Waals surface area contributed by atoms with Gasteiger partial charge < -0.3 is 16.4 Å². The van der Waals surface area contributed by atoms with Gasteiger partial charge in [0.2, 0.25) is 0 Å². The molecule has 0 atom stereocenters. The molecule has 0 unspecified atom stereocenters. The maximum Gasteiger partial charge on any atom is 0.251 e. The first-order valence-corrected chi connectivity index (χ1v) is 6.98. The van der Waals surface area contributed by atoms with Gasteiger partial charge in [-0.2, -0.15) is 0 Å². The number of aryl methyl sites for hydroxylation is 1. The molecule has 22 heavy (non-hydrogen) atoms. The summed E-state index contributed by atoms with van der Waals surface area (Å²) < 4.78 is 13.4. The highest BCUT2D eigenvalue weighted by Crippen LogP contribution is 2.08. The van der Waals surface area contributed by atoms with Crippen LogP contribution in [0.2, 0.25) is 0 Å². The summed E-state index contributed by atoms with van der Waals surface area (Å²) in [6.07, 6.45) is 0. The van der Waals surface area contributed by atoms with Crippen molar-refractivity contribution in [2.45, 2.75) is 20.8 Å². The smallest absolute Gasteiger partial charge is 0.251 e. The van der Waals surface area contributed by atoms with Gasteiger partial charge in [0.05, 0.1) is 0 Å². The summed E-state index contributed by atoms with van der Waals surface area (Å²) in [5.41, 5.74) is 6.48. The Balaban J connectivity index is 0.00000441. The van der Waals surface area contributed by atoms with Gasteiger partial charge in [-0.1, -0.05) is 19.9 Å². The Bertz CT molecular complexity index is 520. The van der Waals surface area contributed by atoms with E-state index in [2.05, 4.69) is 29.5 Å². The van der Waals surface area contributed by atoms with Crippen molar-refractivity contribution in [1.82, 2.24) is 10.6 Å². The van der Waals surface area contributed by atoms with E-state index in [0.29, 0.717) is 42.6 Å². The fourth-order valence-corrected chi connectivity index (χ4v) is 1.54. The predicted octanol–water partition coefficient (Wildman–Crippen LogP) is 2.04. The monoisotopic (exact) mass is 422 g/mol. The van der Waals surface area contributed by atoms with E-state index in [4.69, 9.17) is 5.73 Å². The van der Waals surface area contributed by atoms with Crippen LogP contribution in [0.3, 0.4) is 0 Å². The van der Waals surface area contributed by atoms with Crippen molar-refractivity contribution in [3.63, 3.8) is 0 Å². The molecule has 1 aromatic rings. The number of guanidine groups is 1. The molecule has 0 fully saturated rings. The zero-order valence-corrected chi connectivity index (χ0v) is 15.5. The highest BCUT2D eigenvalue weighted by atomic mass is 127. The minimum absolute atomic E-state index is 0. The molecule has 0 heterocycles. The van der Waals surface area contributed by atoms with Crippen molar-refractivity contribution in [1.29, 1.82) is 0 Å². The summed E-state index contributed by atoms with van der Waals surface area (Å²) in [7, 11) is 0. The van der Waals surface area contributed by atoms with Gasteiger partial charge in [-0.05, 0) is 30.5 Å². The van der Waals surface area contributed by atoms with Gasteiger partial charge in [0, 0.05) is 25.2 Å². The van der Waals surface area contributed by atoms with Gasteiger partial charge in [-0.15, -0.1) is 24.0 Å². The lowest BCUT2D eigenvalue weighted by molar-refractivity contribution is 0.0954. The third-order valence-electron chi connectivity index (χ3n) is 2.78. The molecule has 7 heteroatoms. The van der Waals surface area contributed by atoms with Crippen LogP contribution in [0.4, 0.5) is 4.39 Å². The van der Waals surface area contributed by atoms with Gasteiger partial charge in [0.1, 0.15) is 5.82 Å². The van der Waals surface area contributed by atoms with E-state index in [1.807, 2.05) is 0 Å². The van der Waals surface area contributed by atoms with E-state index in [1.165, 1.54) is 6.07 Å². The number of carbonyl (C=O) groups is 1. The van der Waals surface area contributed by atoms with Crippen LogP contribution in [0.25, 0.3) is 0 Å². The molecule has 0 saturated heterocycles. The Morgan fingerprint density at radius 3 is 2.55 bits per heavy atom. The molecule has 0 aliphatic carbocycles. The fraction of sp³-hybridized carbons (Fsp3) is 0.467. The van der Waals surface area contributed by atoms with Crippen LogP contribution >= 0.6 is 24.0 Å². The molecule has 0 bridgehead atoms. The number of aliphatic imine (C=N–C) groups is 1. The summed E-state index contributed by atoms with van der Waals surface area (Å²) in [6.45, 7) is 7.27. The molecule has 0 spiro atoms. The zero-order chi connectivity index (χ0) is 15.8. The maximum absolute atomic E-state index is 13.4. The van der Waals surface area contributed by atoms with Crippen LogP contribution in [-0.2, 0) is 0 Å². The molecule has 0 aromatic heterocycles. The summed E-state index contributed by atoms with van der Waals surface area (Å²) in [4.78, 5) is 15.9. The van der Waals surface area contributed by atoms with Crippen LogP contribution < -0.4 is 16.4 Å². The standard InChI is InChI=1S/C15H23FN4O.HI/c1-10(2)9-20-15(17)19-7-6-18-14(21)12-5-4-11(3)13(16)8-12;/h4-5,8,10H,6-7,9H2,1-3H3,(H,18,21)(H3,17,19,20);1H. The van der Waals surface area contributed by atoms with Crippen molar-refractivity contribution in [2.75, 3.05) is 19.6 Å². The third kappa shape index (κ3) is 7.58. The minimum Gasteiger partial charge on any atom is -0.370 e. The van der Waals surface area contributed by atoms with Crippen LogP contribution in [0, 0.1) is 18.7 Å². The second kappa shape index (κ2) is 10.4. The highest BCUT2D eigenvalue weighted by molar-refractivity contribution is 14.0. The number of nitrogens with two attached hydrogens (primary N) is 1. The lowest BCUT2D eigenvalue weighted by atomic mass is 10.1. The Labute approximate surface area is 148 Å². The third-order valence-corrected chi connectivity index (χ3v) is 2.78. The molecule has 0 aliphatic rings. The van der Waals surface area contributed by atoms with Gasteiger partial charge in [0.25, 0.3) is 5.91 Å². The fourth-order valence-electron chi connectivity index (χ4n) is 1.54. The molecule has 1 amide bonds. The molecule has 4 N–H and O–H groups in total. The Hall–Kier alpha value is -1.38. The highest BCUT2D eigenvalue weighted by Gasteiger charge is 2.07. The number of carbonyl (C=O) groups excluding carboxylic acids is 1. The lowest BCUT2D eigenvalue weighted by Gasteiger charge is -2.08. The Morgan fingerprint density at radius 1 is 1.32 bits per heavy atom. The average molecular weight is 422 g/mol. The van der Waals surface area contributed by atoms with Crippen molar-refractivity contribution in [2.24, 2.45) is 16.6 Å². The Kier molecular flexibility index (Phi) is 9.71. The van der Waals surface area contributed by atoms with Crippen LogP contribution in [0.15, 0.2) is 23.2 Å². The number of rotatable bonds is 6. The van der Waals surface area contributed by atoms with E-state index in [9.17, 15) is 9.18 Å². The van der Waals surface area contributed by atoms with Crippen molar-refractivity contribution in [3.05, 3.63) is 35.1 Å². The molecular weight excluding hydrogens is 398 g/mol. The first-order valence-electron chi connectivity index (χ1n) is 6.98. The number of benzene rings is 1. The lowest BCUT2D eigenvalue weighted by Crippen LogP contribution is -2.38. The maximum atomic E-state index is 13.4. The molecule has 0 radical (unpaired) electrons. The number of halogens is 2. The summed E-state index contributed by atoms with van der Waals surface area (Å²) in [5.74, 6) is 0.111. The second-order valence-electron chi connectivity index (χ2n) is 5.27. The van der Waals surface area contributed by atoms with Gasteiger partial charge >= 0.3 is 0 Å². The summed E-state index contributed by atoms with van der Waals surface area (Å²) >= 11 is 0. The number of hydrogen-bond donors (Lipinski definition) is 3. The molecular formula is C15H24FIN4O. The van der Waals surface area contributed by atoms with Gasteiger partial charge in [-0.3, -0.25) is 9.79 Å². The SMILES string of the molecule is Cc1ccc(C(=O)NCCNC(N)=NCC(C)C)cc1F.I. The van der Waals surface area contributed by atoms with Crippen LogP contribution in [0.5, 0.6) is 0 Å². The Morgan fingerprint density at radius 2 is 1.95 bits per heavy atom. The molecule has 1 rings (SSSR count). The molecule has 0 saturated carbocycles. The van der Waals surface area contributed by atoms with E-state index in [-0.39, 0.29) is 35.7 Å². The van der Waals surface area contributed by atoms with Gasteiger partial charge in [-0.25, -0.2) is 4.39 Å². The van der Waals surface area contributed by atoms with Gasteiger partial charge in [0.15, 0.2) is 5.96 Å². The zero-order valence-electron chi connectivity index (χ0n) is 13.1. The molecule has 1 aromatic carbocycles. The second-order valence-corrected chi connectivity index (χ2v) is 5.27. The van der Waals surface area contributed by atoms with Crippen molar-refractivity contribution < 1.29 is 9.18 Å². The number of amides is 1. The number of nitrogens with zero attached hydrogens (tertiary/aromatic N) is 1. The molecule has 124 valence electrons. The van der Waals surface area contributed by atoms with Crippen molar-refractivity contribution >= 4 is 35.8 Å². The first kappa shape index (κ1) is 20.6. The number of nitrogens with one attached hydrogen (secondary N) is 2. The van der Waals surface area contributed by atoms with Crippen molar-refractivity contribution in [3.8, 4) is 0 Å². The van der Waals surface area contributed by atoms with Crippen LogP contribution in [-0.4, -0.2) is 31.5 Å². The minimum atomic E-state index is -0.383. The first-order chi connectivity index (χ1) is 9.90. The van der Waals surface area contributed by atoms with E-state index in [0.717, 1.165) is 0 Å².